The van der Waals surface area contributed by atoms with E-state index in [1.54, 1.807) is 0 Å². The maximum Gasteiger partial charge on any atom is 0.136 e. The van der Waals surface area contributed by atoms with Crippen LogP contribution in [-0.2, 0) is 5.41 Å². The van der Waals surface area contributed by atoms with E-state index >= 15 is 0 Å². The van der Waals surface area contributed by atoms with Crippen molar-refractivity contribution in [3.05, 3.63) is 228 Å². The molecule has 1 spiro atoms. The lowest BCUT2D eigenvalue weighted by atomic mass is 9.69. The molecular formula is C65H56N6. The van der Waals surface area contributed by atoms with Gasteiger partial charge < -0.3 is 9.80 Å². The standard InChI is InChI=1S/C65H56N6/c1-61(2)63(5,6)70(59(68-61)41-19-11-9-12-20-41)46-30-35-56(66-39-46)44-28-32-48-43(37-44)27-34-52-51-33-29-45(38-55(51)65(58(48)52)53-25-17-15-23-49(53)50-24-16-18-26-54(50)65)57-36-31-47(40-67-57)71-60(42-21-13-10-14-22-42)69-62(3,4)64(71,7)8/h9-40H,1-8H3. The van der Waals surface area contributed by atoms with Crippen LogP contribution < -0.4 is 9.80 Å². The van der Waals surface area contributed by atoms with Gasteiger partial charge in [0, 0.05) is 22.3 Å². The molecule has 0 saturated heterocycles. The Kier molecular flexibility index (Phi) is 9.12. The van der Waals surface area contributed by atoms with E-state index in [-0.39, 0.29) is 22.2 Å². The van der Waals surface area contributed by atoms with Crippen molar-refractivity contribution in [2.45, 2.75) is 83.0 Å². The van der Waals surface area contributed by atoms with Crippen molar-refractivity contribution in [1.82, 2.24) is 9.97 Å². The first-order valence-corrected chi connectivity index (χ1v) is 25.0. The summed E-state index contributed by atoms with van der Waals surface area (Å²) in [4.78, 5) is 25.7. The number of anilines is 2. The highest BCUT2D eigenvalue weighted by atomic mass is 15.3. The van der Waals surface area contributed by atoms with Gasteiger partial charge in [-0.25, -0.2) is 0 Å². The molecule has 0 bridgehead atoms. The summed E-state index contributed by atoms with van der Waals surface area (Å²) in [6, 6.07) is 66.5. The molecule has 0 amide bonds. The summed E-state index contributed by atoms with van der Waals surface area (Å²) in [5.74, 6) is 1.94. The SMILES string of the molecule is CC1(C)N=C(c2ccccc2)N(c2ccc(-c3ccc4c(c3)C3(c5ccccc5-c5ccccc53)c3c-4ccc4cc(-c5ccc(N6C(c7ccccc7)=NC(C)(C)C6(C)C)cn5)ccc34)nc2)C1(C)C. The number of aromatic nitrogens is 2. The second-order valence-electron chi connectivity index (χ2n) is 21.8. The molecule has 9 aromatic rings. The van der Waals surface area contributed by atoms with Crippen molar-refractivity contribution in [1.29, 1.82) is 0 Å². The number of pyridine rings is 2. The fraction of sp³-hybridized carbons (Fsp3) is 0.200. The molecular weight excluding hydrogens is 865 g/mol. The molecule has 2 aliphatic carbocycles. The highest BCUT2D eigenvalue weighted by Crippen LogP contribution is 2.64. The molecule has 7 aromatic carbocycles. The number of rotatable bonds is 6. The Bertz CT molecular complexity index is 3650. The molecule has 0 N–H and O–H groups in total. The predicted molar refractivity (Wildman–Crippen MR) is 294 cm³/mol. The minimum atomic E-state index is -0.546. The molecule has 0 unspecified atom stereocenters. The van der Waals surface area contributed by atoms with Gasteiger partial charge in [-0.3, -0.25) is 20.0 Å². The number of nitrogens with zero attached hydrogens (tertiary/aromatic N) is 6. The van der Waals surface area contributed by atoms with E-state index in [1.807, 2.05) is 12.4 Å². The number of hydrogen-bond donors (Lipinski definition) is 0. The highest BCUT2D eigenvalue weighted by molar-refractivity contribution is 6.14. The summed E-state index contributed by atoms with van der Waals surface area (Å²) in [5, 5.41) is 2.43. The average Bonchev–Trinajstić information content (AvgIpc) is 4.00. The number of hydrogen-bond acceptors (Lipinski definition) is 6. The maximum absolute atomic E-state index is 5.30. The van der Waals surface area contributed by atoms with Gasteiger partial charge in [-0.05, 0) is 147 Å². The molecule has 0 radical (unpaired) electrons. The van der Waals surface area contributed by atoms with E-state index in [0.717, 1.165) is 56.7 Å². The van der Waals surface area contributed by atoms with Crippen LogP contribution in [0.2, 0.25) is 0 Å². The summed E-state index contributed by atoms with van der Waals surface area (Å²) in [6.07, 6.45) is 4.05. The molecule has 13 rings (SSSR count). The molecule has 346 valence electrons. The predicted octanol–water partition coefficient (Wildman–Crippen LogP) is 15.0. The Morgan fingerprint density at radius 1 is 0.366 bits per heavy atom. The zero-order valence-corrected chi connectivity index (χ0v) is 41.7. The largest absolute Gasteiger partial charge is 0.317 e. The van der Waals surface area contributed by atoms with Crippen LogP contribution in [-0.4, -0.2) is 43.8 Å². The lowest BCUT2D eigenvalue weighted by Crippen LogP contribution is -2.53. The van der Waals surface area contributed by atoms with Crippen molar-refractivity contribution < 1.29 is 0 Å². The molecule has 71 heavy (non-hydrogen) atoms. The van der Waals surface area contributed by atoms with Crippen LogP contribution in [0.3, 0.4) is 0 Å². The first kappa shape index (κ1) is 43.1. The Balaban J connectivity index is 0.913. The fourth-order valence-corrected chi connectivity index (χ4v) is 12.1. The third-order valence-electron chi connectivity index (χ3n) is 17.0. The minimum absolute atomic E-state index is 0.275. The molecule has 6 heteroatoms. The van der Waals surface area contributed by atoms with Crippen molar-refractivity contribution in [3.63, 3.8) is 0 Å². The molecule has 4 aliphatic rings. The Hall–Kier alpha value is -7.96. The molecule has 2 aliphatic heterocycles. The minimum Gasteiger partial charge on any atom is -0.317 e. The third kappa shape index (κ3) is 6.00. The zero-order chi connectivity index (χ0) is 48.7. The van der Waals surface area contributed by atoms with Crippen molar-refractivity contribution in [2.24, 2.45) is 9.98 Å². The molecule has 2 aromatic heterocycles. The Morgan fingerprint density at radius 3 is 1.32 bits per heavy atom. The van der Waals surface area contributed by atoms with Crippen LogP contribution in [0.15, 0.2) is 204 Å². The summed E-state index contributed by atoms with van der Waals surface area (Å²) in [6.45, 7) is 18.0. The molecule has 0 saturated carbocycles. The van der Waals surface area contributed by atoms with E-state index < -0.39 is 5.41 Å². The van der Waals surface area contributed by atoms with Crippen LogP contribution in [0, 0.1) is 0 Å². The number of amidine groups is 2. The van der Waals surface area contributed by atoms with E-state index in [2.05, 4.69) is 247 Å². The number of aliphatic imine (C=N–C) groups is 2. The van der Waals surface area contributed by atoms with E-state index in [9.17, 15) is 0 Å². The van der Waals surface area contributed by atoms with Gasteiger partial charge in [0.15, 0.2) is 0 Å². The van der Waals surface area contributed by atoms with Crippen LogP contribution >= 0.6 is 0 Å². The summed E-state index contributed by atoms with van der Waals surface area (Å²) >= 11 is 0. The van der Waals surface area contributed by atoms with Crippen LogP contribution in [0.4, 0.5) is 11.4 Å². The van der Waals surface area contributed by atoms with Gasteiger partial charge in [0.1, 0.15) is 11.7 Å². The highest BCUT2D eigenvalue weighted by Gasteiger charge is 2.54. The van der Waals surface area contributed by atoms with E-state index in [1.165, 1.54) is 55.3 Å². The summed E-state index contributed by atoms with van der Waals surface area (Å²) in [5.41, 5.74) is 16.9. The third-order valence-corrected chi connectivity index (χ3v) is 17.0. The lowest BCUT2D eigenvalue weighted by Gasteiger charge is -2.41. The van der Waals surface area contributed by atoms with Crippen molar-refractivity contribution in [2.75, 3.05) is 9.80 Å². The fourth-order valence-electron chi connectivity index (χ4n) is 12.1. The van der Waals surface area contributed by atoms with Gasteiger partial charge in [0.25, 0.3) is 0 Å². The summed E-state index contributed by atoms with van der Waals surface area (Å²) < 4.78 is 0. The van der Waals surface area contributed by atoms with Gasteiger partial charge >= 0.3 is 0 Å². The first-order valence-electron chi connectivity index (χ1n) is 25.0. The molecule has 4 heterocycles. The number of fused-ring (bicyclic) bond motifs is 12. The van der Waals surface area contributed by atoms with E-state index in [4.69, 9.17) is 20.0 Å². The van der Waals surface area contributed by atoms with Gasteiger partial charge in [-0.1, -0.05) is 146 Å². The second-order valence-corrected chi connectivity index (χ2v) is 21.8. The van der Waals surface area contributed by atoms with Gasteiger partial charge in [-0.15, -0.1) is 0 Å². The topological polar surface area (TPSA) is 57.0 Å². The maximum atomic E-state index is 5.30. The van der Waals surface area contributed by atoms with Crippen LogP contribution in [0.5, 0.6) is 0 Å². The Labute approximate surface area is 417 Å². The van der Waals surface area contributed by atoms with Gasteiger partial charge in [0.2, 0.25) is 0 Å². The average molecular weight is 921 g/mol. The van der Waals surface area contributed by atoms with Gasteiger partial charge in [-0.2, -0.15) is 0 Å². The van der Waals surface area contributed by atoms with Crippen molar-refractivity contribution in [3.8, 4) is 44.8 Å². The van der Waals surface area contributed by atoms with Crippen LogP contribution in [0.1, 0.15) is 88.8 Å². The summed E-state index contributed by atoms with van der Waals surface area (Å²) in [7, 11) is 0. The molecule has 6 nitrogen and oxygen atoms in total. The molecule has 0 atom stereocenters. The second kappa shape index (κ2) is 15.0. The monoisotopic (exact) mass is 920 g/mol. The zero-order valence-electron chi connectivity index (χ0n) is 41.7. The molecule has 0 fully saturated rings. The quantitative estimate of drug-likeness (QED) is 0.167. The normalized spacial score (nSPS) is 18.0. The Morgan fingerprint density at radius 2 is 0.817 bits per heavy atom. The first-order chi connectivity index (χ1) is 34.2. The van der Waals surface area contributed by atoms with Crippen LogP contribution in [0.25, 0.3) is 55.5 Å². The lowest BCUT2D eigenvalue weighted by molar-refractivity contribution is 0.338. The smallest absolute Gasteiger partial charge is 0.136 e. The van der Waals surface area contributed by atoms with Crippen molar-refractivity contribution >= 4 is 33.8 Å². The number of benzene rings is 7. The van der Waals surface area contributed by atoms with Gasteiger partial charge in [0.05, 0.1) is 62.7 Å². The van der Waals surface area contributed by atoms with E-state index in [0.29, 0.717) is 0 Å².